The summed E-state index contributed by atoms with van der Waals surface area (Å²) in [4.78, 5) is 0. The molecule has 2 aromatic rings. The number of ether oxygens (including phenoxy) is 5. The normalized spacial score (nSPS) is 17.3. The van der Waals surface area contributed by atoms with Crippen LogP contribution >= 0.6 is 0 Å². The number of fused-ring (bicyclic) bond motifs is 1. The van der Waals surface area contributed by atoms with Gasteiger partial charge in [-0.1, -0.05) is 0 Å². The summed E-state index contributed by atoms with van der Waals surface area (Å²) in [7, 11) is 4.69. The quantitative estimate of drug-likeness (QED) is 0.834. The molecule has 0 fully saturated rings. The molecule has 0 aliphatic carbocycles. The van der Waals surface area contributed by atoms with Gasteiger partial charge < -0.3 is 34.2 Å². The van der Waals surface area contributed by atoms with Crippen molar-refractivity contribution in [3.05, 3.63) is 35.4 Å². The molecule has 27 heavy (non-hydrogen) atoms. The molecule has 0 radical (unpaired) electrons. The Balaban J connectivity index is 1.66. The lowest BCUT2D eigenvalue weighted by Crippen LogP contribution is -2.12. The first-order valence-electron chi connectivity index (χ1n) is 8.40. The molecule has 2 aliphatic rings. The molecule has 2 heterocycles. The third kappa shape index (κ3) is 2.83. The minimum atomic E-state index is -0.167. The lowest BCUT2D eigenvalue weighted by Gasteiger charge is -2.18. The second kappa shape index (κ2) is 6.79. The van der Waals surface area contributed by atoms with Crippen LogP contribution in [0.2, 0.25) is 0 Å². The predicted molar refractivity (Wildman–Crippen MR) is 97.4 cm³/mol. The molecule has 1 unspecified atom stereocenters. The monoisotopic (exact) mass is 372 g/mol. The Kier molecular flexibility index (Phi) is 4.31. The van der Waals surface area contributed by atoms with Crippen LogP contribution in [-0.4, -0.2) is 38.9 Å². The molecule has 0 amide bonds. The van der Waals surface area contributed by atoms with Gasteiger partial charge in [-0.15, -0.1) is 0 Å². The molecule has 0 aromatic heterocycles. The lowest BCUT2D eigenvalue weighted by molar-refractivity contribution is 0.170. The summed E-state index contributed by atoms with van der Waals surface area (Å²) in [6.45, 7) is 0.137. The number of nitrogens with one attached hydrogen (secondary N) is 1. The second-order valence-corrected chi connectivity index (χ2v) is 6.09. The van der Waals surface area contributed by atoms with E-state index in [4.69, 9.17) is 23.7 Å². The molecule has 142 valence electrons. The summed E-state index contributed by atoms with van der Waals surface area (Å²) >= 11 is 0. The number of aromatic hydroxyl groups is 1. The summed E-state index contributed by atoms with van der Waals surface area (Å²) < 4.78 is 27.2. The number of methoxy groups -OCH3 is 3. The highest BCUT2D eigenvalue weighted by atomic mass is 16.7. The van der Waals surface area contributed by atoms with Gasteiger partial charge in [0.1, 0.15) is 11.5 Å². The maximum Gasteiger partial charge on any atom is 0.231 e. The molecule has 8 heteroatoms. The van der Waals surface area contributed by atoms with Crippen LogP contribution in [0.1, 0.15) is 23.6 Å². The molecule has 0 saturated carbocycles. The summed E-state index contributed by atoms with van der Waals surface area (Å²) in [6.07, 6.45) is 0.555. The van der Waals surface area contributed by atoms with E-state index in [-0.39, 0.29) is 18.6 Å². The largest absolute Gasteiger partial charge is 0.507 e. The SMILES string of the molecule is COc1ccc(C2=NNC(c3cc4c(c(OC)c3OC)OCO4)C2)c(O)c1. The average molecular weight is 372 g/mol. The van der Waals surface area contributed by atoms with Crippen LogP contribution in [-0.2, 0) is 0 Å². The van der Waals surface area contributed by atoms with E-state index >= 15 is 0 Å². The molecular weight excluding hydrogens is 352 g/mol. The number of rotatable bonds is 5. The number of phenolic OH excluding ortho intramolecular Hbond substituents is 1. The van der Waals surface area contributed by atoms with Gasteiger partial charge in [0.15, 0.2) is 11.5 Å². The fraction of sp³-hybridized carbons (Fsp3) is 0.316. The van der Waals surface area contributed by atoms with Crippen LogP contribution in [0.4, 0.5) is 0 Å². The molecule has 2 aromatic carbocycles. The van der Waals surface area contributed by atoms with Crippen molar-refractivity contribution in [2.75, 3.05) is 28.1 Å². The van der Waals surface area contributed by atoms with Gasteiger partial charge in [0.05, 0.1) is 33.1 Å². The smallest absolute Gasteiger partial charge is 0.231 e. The molecule has 0 spiro atoms. The van der Waals surface area contributed by atoms with E-state index in [0.717, 1.165) is 11.3 Å². The Hall–Kier alpha value is -3.29. The third-order valence-electron chi connectivity index (χ3n) is 4.66. The minimum absolute atomic E-state index is 0.116. The number of nitrogens with zero attached hydrogens (tertiary/aromatic N) is 1. The van der Waals surface area contributed by atoms with E-state index in [1.165, 1.54) is 0 Å². The van der Waals surface area contributed by atoms with Crippen molar-refractivity contribution in [2.24, 2.45) is 5.10 Å². The Morgan fingerprint density at radius 3 is 2.59 bits per heavy atom. The topological polar surface area (TPSA) is 90.8 Å². The van der Waals surface area contributed by atoms with Crippen LogP contribution < -0.4 is 29.1 Å². The van der Waals surface area contributed by atoms with Crippen molar-refractivity contribution in [3.63, 3.8) is 0 Å². The maximum atomic E-state index is 10.3. The van der Waals surface area contributed by atoms with Gasteiger partial charge in [0.25, 0.3) is 0 Å². The van der Waals surface area contributed by atoms with Gasteiger partial charge in [-0.25, -0.2) is 0 Å². The second-order valence-electron chi connectivity index (χ2n) is 6.09. The van der Waals surface area contributed by atoms with Gasteiger partial charge in [0.2, 0.25) is 18.3 Å². The molecule has 0 bridgehead atoms. The molecule has 2 N–H and O–H groups in total. The van der Waals surface area contributed by atoms with Crippen LogP contribution in [0.5, 0.6) is 34.5 Å². The molecular formula is C19H20N2O6. The lowest BCUT2D eigenvalue weighted by atomic mass is 9.97. The van der Waals surface area contributed by atoms with Gasteiger partial charge in [0, 0.05) is 23.6 Å². The molecule has 1 atom stereocenters. The number of phenols is 1. The first-order chi connectivity index (χ1) is 13.2. The Labute approximate surface area is 156 Å². The van der Waals surface area contributed by atoms with Crippen molar-refractivity contribution >= 4 is 5.71 Å². The fourth-order valence-electron chi connectivity index (χ4n) is 3.34. The summed E-state index contributed by atoms with van der Waals surface area (Å²) in [6, 6.07) is 6.84. The highest BCUT2D eigenvalue weighted by Crippen LogP contribution is 2.51. The van der Waals surface area contributed by atoms with Crippen LogP contribution in [0.3, 0.4) is 0 Å². The van der Waals surface area contributed by atoms with Crippen molar-refractivity contribution in [3.8, 4) is 34.5 Å². The van der Waals surface area contributed by atoms with Gasteiger partial charge >= 0.3 is 0 Å². The van der Waals surface area contributed by atoms with E-state index in [9.17, 15) is 5.11 Å². The summed E-state index contributed by atoms with van der Waals surface area (Å²) in [5.41, 5.74) is 5.33. The van der Waals surface area contributed by atoms with E-state index in [1.807, 2.05) is 6.07 Å². The van der Waals surface area contributed by atoms with Crippen LogP contribution in [0, 0.1) is 0 Å². The van der Waals surface area contributed by atoms with Crippen molar-refractivity contribution in [1.29, 1.82) is 0 Å². The van der Waals surface area contributed by atoms with Gasteiger partial charge in [-0.2, -0.15) is 5.10 Å². The Bertz CT molecular complexity index is 912. The molecule has 8 nitrogen and oxygen atoms in total. The molecule has 2 aliphatic heterocycles. The van der Waals surface area contributed by atoms with Crippen LogP contribution in [0.25, 0.3) is 0 Å². The first kappa shape index (κ1) is 17.1. The minimum Gasteiger partial charge on any atom is -0.507 e. The zero-order chi connectivity index (χ0) is 19.0. The van der Waals surface area contributed by atoms with Gasteiger partial charge in [-0.3, -0.25) is 0 Å². The first-order valence-corrected chi connectivity index (χ1v) is 8.40. The van der Waals surface area contributed by atoms with Crippen molar-refractivity contribution < 1.29 is 28.8 Å². The highest BCUT2D eigenvalue weighted by Gasteiger charge is 2.32. The average Bonchev–Trinajstić information content (AvgIpc) is 3.35. The van der Waals surface area contributed by atoms with Crippen molar-refractivity contribution in [1.82, 2.24) is 5.43 Å². The van der Waals surface area contributed by atoms with Gasteiger partial charge in [-0.05, 0) is 18.2 Å². The number of hydrazone groups is 1. The zero-order valence-electron chi connectivity index (χ0n) is 15.2. The highest BCUT2D eigenvalue weighted by molar-refractivity contribution is 6.04. The fourth-order valence-corrected chi connectivity index (χ4v) is 3.34. The van der Waals surface area contributed by atoms with Crippen molar-refractivity contribution in [2.45, 2.75) is 12.5 Å². The number of hydrogen-bond acceptors (Lipinski definition) is 8. The summed E-state index contributed by atoms with van der Waals surface area (Å²) in [5, 5.41) is 14.7. The number of hydrogen-bond donors (Lipinski definition) is 2. The van der Waals surface area contributed by atoms with E-state index in [0.29, 0.717) is 40.7 Å². The standard InChI is InChI=1S/C19H20N2O6/c1-23-10-4-5-11(15(22)6-10)13-8-14(21-20-13)12-7-16-18(27-9-26-16)19(25-3)17(12)24-2/h4-7,14,21-22H,8-9H2,1-3H3. The summed E-state index contributed by atoms with van der Waals surface area (Å²) in [5.74, 6) is 2.89. The van der Waals surface area contributed by atoms with E-state index in [2.05, 4.69) is 10.5 Å². The van der Waals surface area contributed by atoms with E-state index in [1.54, 1.807) is 39.5 Å². The third-order valence-corrected chi connectivity index (χ3v) is 4.66. The number of benzene rings is 2. The van der Waals surface area contributed by atoms with E-state index < -0.39 is 0 Å². The molecule has 0 saturated heterocycles. The maximum absolute atomic E-state index is 10.3. The van der Waals surface area contributed by atoms with Crippen LogP contribution in [0.15, 0.2) is 29.4 Å². The Morgan fingerprint density at radius 2 is 1.89 bits per heavy atom. The molecule has 4 rings (SSSR count). The predicted octanol–water partition coefficient (Wildman–Crippen LogP) is 2.59. The zero-order valence-corrected chi connectivity index (χ0v) is 15.2. The Morgan fingerprint density at radius 1 is 1.07 bits per heavy atom.